The molecule has 6 nitrogen and oxygen atoms in total. The van der Waals surface area contributed by atoms with E-state index in [1.807, 2.05) is 18.2 Å². The van der Waals surface area contributed by atoms with Crippen molar-refractivity contribution >= 4 is 17.7 Å². The highest BCUT2D eigenvalue weighted by molar-refractivity contribution is 7.99. The zero-order valence-corrected chi connectivity index (χ0v) is 22.7. The molecule has 1 amide bonds. The van der Waals surface area contributed by atoms with Crippen LogP contribution in [0.3, 0.4) is 0 Å². The molecule has 1 aliphatic rings. The Morgan fingerprint density at radius 2 is 1.61 bits per heavy atom. The maximum atomic E-state index is 12.6. The maximum Gasteiger partial charge on any atom is 0.220 e. The van der Waals surface area contributed by atoms with E-state index in [4.69, 9.17) is 0 Å². The van der Waals surface area contributed by atoms with Gasteiger partial charge in [-0.25, -0.2) is 0 Å². The number of aromatic nitrogens is 3. The van der Waals surface area contributed by atoms with E-state index in [9.17, 15) is 4.79 Å². The Bertz CT molecular complexity index is 1300. The summed E-state index contributed by atoms with van der Waals surface area (Å²) < 4.78 is 2.11. The smallest absolute Gasteiger partial charge is 0.220 e. The predicted molar refractivity (Wildman–Crippen MR) is 154 cm³/mol. The highest BCUT2D eigenvalue weighted by Crippen LogP contribution is 2.28. The van der Waals surface area contributed by atoms with E-state index in [1.54, 1.807) is 11.8 Å². The lowest BCUT2D eigenvalue weighted by Crippen LogP contribution is -2.44. The van der Waals surface area contributed by atoms with Crippen molar-refractivity contribution in [2.45, 2.75) is 50.4 Å². The predicted octanol–water partition coefficient (Wildman–Crippen LogP) is 5.90. The second-order valence-corrected chi connectivity index (χ2v) is 11.0. The summed E-state index contributed by atoms with van der Waals surface area (Å²) in [4.78, 5) is 15.1. The number of hydrogen-bond donors (Lipinski definition) is 1. The van der Waals surface area contributed by atoms with E-state index in [2.05, 4.69) is 98.6 Å². The van der Waals surface area contributed by atoms with Crippen LogP contribution in [0.2, 0.25) is 0 Å². The molecule has 0 bridgehead atoms. The summed E-state index contributed by atoms with van der Waals surface area (Å²) in [5.74, 6) is 1.79. The molecular weight excluding hydrogens is 490 g/mol. The Labute approximate surface area is 229 Å². The van der Waals surface area contributed by atoms with Gasteiger partial charge in [-0.05, 0) is 43.9 Å². The quantitative estimate of drug-likeness (QED) is 0.206. The van der Waals surface area contributed by atoms with E-state index in [0.29, 0.717) is 6.42 Å². The van der Waals surface area contributed by atoms with Crippen LogP contribution < -0.4 is 5.32 Å². The summed E-state index contributed by atoms with van der Waals surface area (Å²) >= 11 is 1.65. The van der Waals surface area contributed by atoms with Crippen LogP contribution in [0.15, 0.2) is 90.1 Å². The lowest BCUT2D eigenvalue weighted by atomic mass is 10.0. The van der Waals surface area contributed by atoms with Gasteiger partial charge in [-0.1, -0.05) is 90.1 Å². The van der Waals surface area contributed by atoms with Gasteiger partial charge in [0.25, 0.3) is 0 Å². The third kappa shape index (κ3) is 6.91. The molecule has 196 valence electrons. The molecule has 0 aliphatic carbocycles. The van der Waals surface area contributed by atoms with Crippen molar-refractivity contribution in [3.63, 3.8) is 0 Å². The summed E-state index contributed by atoms with van der Waals surface area (Å²) in [5, 5.41) is 13.1. The third-order valence-electron chi connectivity index (χ3n) is 6.94. The molecule has 7 heteroatoms. The van der Waals surface area contributed by atoms with Gasteiger partial charge in [0.1, 0.15) is 0 Å². The number of rotatable bonds is 10. The zero-order chi connectivity index (χ0) is 26.2. The molecule has 1 N–H and O–H groups in total. The van der Waals surface area contributed by atoms with Crippen molar-refractivity contribution in [3.8, 4) is 17.1 Å². The van der Waals surface area contributed by atoms with Crippen molar-refractivity contribution < 1.29 is 4.79 Å². The molecule has 1 aliphatic heterocycles. The monoisotopic (exact) mass is 525 g/mol. The number of carbonyl (C=O) groups is 1. The number of hydrogen-bond acceptors (Lipinski definition) is 5. The normalized spacial score (nSPS) is 14.4. The second kappa shape index (κ2) is 12.9. The molecule has 1 fully saturated rings. The highest BCUT2D eigenvalue weighted by atomic mass is 32.2. The zero-order valence-electron chi connectivity index (χ0n) is 21.9. The van der Waals surface area contributed by atoms with Crippen LogP contribution in [0.25, 0.3) is 17.1 Å². The molecule has 1 saturated heterocycles. The van der Waals surface area contributed by atoms with Crippen LogP contribution in [0.1, 0.15) is 36.8 Å². The first kappa shape index (κ1) is 26.2. The first-order valence-corrected chi connectivity index (χ1v) is 14.4. The molecule has 38 heavy (non-hydrogen) atoms. The number of amides is 1. The number of carbonyl (C=O) groups excluding carboxylic acids is 1. The molecule has 0 spiro atoms. The van der Waals surface area contributed by atoms with Crippen molar-refractivity contribution in [3.05, 3.63) is 96.1 Å². The molecule has 1 aromatic heterocycles. The van der Waals surface area contributed by atoms with Gasteiger partial charge in [0, 0.05) is 49.1 Å². The van der Waals surface area contributed by atoms with E-state index in [-0.39, 0.29) is 11.9 Å². The Kier molecular flexibility index (Phi) is 8.89. The number of piperidine rings is 1. The van der Waals surface area contributed by atoms with E-state index in [1.165, 1.54) is 11.1 Å². The standard InChI is InChI=1S/C31H35N5OS/c1-24-14-16-26(17-15-24)30-33-34-31(36(30)28-11-6-3-7-12-28)38-22-8-13-29(37)32-27-18-20-35(21-19-27)23-25-9-4-2-5-10-25/h2-7,9-12,14-17,27H,8,13,18-23H2,1H3,(H,32,37). The molecule has 0 radical (unpaired) electrons. The maximum absolute atomic E-state index is 12.6. The fourth-order valence-electron chi connectivity index (χ4n) is 4.84. The van der Waals surface area contributed by atoms with Crippen molar-refractivity contribution in [2.75, 3.05) is 18.8 Å². The van der Waals surface area contributed by atoms with Gasteiger partial charge in [0.15, 0.2) is 11.0 Å². The van der Waals surface area contributed by atoms with Crippen LogP contribution in [0.5, 0.6) is 0 Å². The van der Waals surface area contributed by atoms with Crippen molar-refractivity contribution in [2.24, 2.45) is 0 Å². The number of aryl methyl sites for hydroxylation is 1. The highest BCUT2D eigenvalue weighted by Gasteiger charge is 2.21. The molecular formula is C31H35N5OS. The van der Waals surface area contributed by atoms with Gasteiger partial charge < -0.3 is 5.32 Å². The third-order valence-corrected chi connectivity index (χ3v) is 7.95. The van der Waals surface area contributed by atoms with E-state index >= 15 is 0 Å². The number of nitrogens with one attached hydrogen (secondary N) is 1. The second-order valence-electron chi connectivity index (χ2n) is 9.90. The average Bonchev–Trinajstić information content (AvgIpc) is 3.37. The molecule has 3 aromatic carbocycles. The summed E-state index contributed by atoms with van der Waals surface area (Å²) in [6.45, 7) is 5.11. The lowest BCUT2D eigenvalue weighted by Gasteiger charge is -2.32. The number of nitrogens with zero attached hydrogens (tertiary/aromatic N) is 4. The summed E-state index contributed by atoms with van der Waals surface area (Å²) in [5.41, 5.74) is 4.63. The minimum absolute atomic E-state index is 0.150. The van der Waals surface area contributed by atoms with Crippen LogP contribution >= 0.6 is 11.8 Å². The molecule has 2 heterocycles. The Morgan fingerprint density at radius 1 is 0.921 bits per heavy atom. The van der Waals surface area contributed by atoms with Gasteiger partial charge in [0.2, 0.25) is 5.91 Å². The fourth-order valence-corrected chi connectivity index (χ4v) is 5.73. The minimum atomic E-state index is 0.150. The largest absolute Gasteiger partial charge is 0.353 e. The van der Waals surface area contributed by atoms with Gasteiger partial charge in [-0.15, -0.1) is 10.2 Å². The molecule has 4 aromatic rings. The van der Waals surface area contributed by atoms with Gasteiger partial charge in [0.05, 0.1) is 0 Å². The summed E-state index contributed by atoms with van der Waals surface area (Å²) in [7, 11) is 0. The van der Waals surface area contributed by atoms with Crippen LogP contribution in [0.4, 0.5) is 0 Å². The van der Waals surface area contributed by atoms with Crippen LogP contribution in [0, 0.1) is 6.92 Å². The number of thioether (sulfide) groups is 1. The molecule has 0 atom stereocenters. The topological polar surface area (TPSA) is 63.1 Å². The van der Waals surface area contributed by atoms with E-state index in [0.717, 1.165) is 66.9 Å². The van der Waals surface area contributed by atoms with Gasteiger partial charge in [-0.3, -0.25) is 14.3 Å². The SMILES string of the molecule is Cc1ccc(-c2nnc(SCCCC(=O)NC3CCN(Cc4ccccc4)CC3)n2-c2ccccc2)cc1. The fraction of sp³-hybridized carbons (Fsp3) is 0.323. The molecule has 0 saturated carbocycles. The van der Waals surface area contributed by atoms with Gasteiger partial charge in [-0.2, -0.15) is 0 Å². The van der Waals surface area contributed by atoms with Crippen molar-refractivity contribution in [1.29, 1.82) is 0 Å². The molecule has 5 rings (SSSR count). The number of likely N-dealkylation sites (tertiary alicyclic amines) is 1. The summed E-state index contributed by atoms with van der Waals surface area (Å²) in [6, 6.07) is 29.5. The van der Waals surface area contributed by atoms with Crippen LogP contribution in [-0.4, -0.2) is 50.5 Å². The number of para-hydroxylation sites is 1. The Balaban J connectivity index is 1.10. The Morgan fingerprint density at radius 3 is 2.32 bits per heavy atom. The van der Waals surface area contributed by atoms with Crippen molar-refractivity contribution in [1.82, 2.24) is 25.0 Å². The minimum Gasteiger partial charge on any atom is -0.353 e. The lowest BCUT2D eigenvalue weighted by molar-refractivity contribution is -0.122. The summed E-state index contributed by atoms with van der Waals surface area (Å²) in [6.07, 6.45) is 3.34. The number of benzene rings is 3. The first-order valence-electron chi connectivity index (χ1n) is 13.4. The molecule has 0 unspecified atom stereocenters. The Hall–Kier alpha value is -3.42. The van der Waals surface area contributed by atoms with Crippen LogP contribution in [-0.2, 0) is 11.3 Å². The van der Waals surface area contributed by atoms with Gasteiger partial charge >= 0.3 is 0 Å². The van der Waals surface area contributed by atoms with E-state index < -0.39 is 0 Å². The first-order chi connectivity index (χ1) is 18.7. The average molecular weight is 526 g/mol.